The van der Waals surface area contributed by atoms with Gasteiger partial charge in [-0.05, 0) is 42.7 Å². The molecule has 2 aliphatic rings. The van der Waals surface area contributed by atoms with E-state index in [1.807, 2.05) is 30.3 Å². The van der Waals surface area contributed by atoms with Crippen LogP contribution in [-0.2, 0) is 4.79 Å². The number of hydrogen-bond acceptors (Lipinski definition) is 4. The number of likely N-dealkylation sites (tertiary alicyclic amines) is 1. The fourth-order valence-electron chi connectivity index (χ4n) is 2.75. The number of aliphatic imine (C=N–C) groups is 1. The number of amidine groups is 1. The van der Waals surface area contributed by atoms with Crippen LogP contribution >= 0.6 is 11.8 Å². The highest BCUT2D eigenvalue weighted by Crippen LogP contribution is 2.33. The van der Waals surface area contributed by atoms with Crippen LogP contribution in [0.15, 0.2) is 46.8 Å². The second kappa shape index (κ2) is 7.71. The fourth-order valence-corrected chi connectivity index (χ4v) is 3.71. The summed E-state index contributed by atoms with van der Waals surface area (Å²) in [5.74, 6) is 1.35. The van der Waals surface area contributed by atoms with Gasteiger partial charge in [0, 0.05) is 18.7 Å². The Morgan fingerprint density at radius 1 is 1.38 bits per heavy atom. The van der Waals surface area contributed by atoms with Crippen molar-refractivity contribution in [3.63, 3.8) is 0 Å². The van der Waals surface area contributed by atoms with E-state index in [0.29, 0.717) is 11.5 Å². The quantitative estimate of drug-likeness (QED) is 0.614. The van der Waals surface area contributed by atoms with Crippen molar-refractivity contribution in [2.45, 2.75) is 19.8 Å². The number of benzene rings is 1. The topological polar surface area (TPSA) is 41.9 Å². The first-order chi connectivity index (χ1) is 11.7. The molecule has 0 aliphatic carbocycles. The number of thioether (sulfide) groups is 1. The molecule has 0 saturated carbocycles. The summed E-state index contributed by atoms with van der Waals surface area (Å²) in [6.07, 6.45) is 5.89. The lowest BCUT2D eigenvalue weighted by Gasteiger charge is -2.30. The van der Waals surface area contributed by atoms with E-state index in [4.69, 9.17) is 4.74 Å². The summed E-state index contributed by atoms with van der Waals surface area (Å²) >= 11 is 1.47. The summed E-state index contributed by atoms with van der Waals surface area (Å²) in [6, 6.07) is 7.69. The molecule has 0 spiro atoms. The minimum atomic E-state index is -0.160. The van der Waals surface area contributed by atoms with Gasteiger partial charge < -0.3 is 9.64 Å². The smallest absolute Gasteiger partial charge is 0.286 e. The van der Waals surface area contributed by atoms with Crippen LogP contribution in [0.4, 0.5) is 0 Å². The minimum Gasteiger partial charge on any atom is -0.489 e. The van der Waals surface area contributed by atoms with E-state index in [2.05, 4.69) is 23.4 Å². The predicted octanol–water partition coefficient (Wildman–Crippen LogP) is 3.95. The highest BCUT2D eigenvalue weighted by atomic mass is 32.2. The van der Waals surface area contributed by atoms with Crippen molar-refractivity contribution in [3.8, 4) is 5.75 Å². The SMILES string of the molecule is C=CCOc1ccccc1/C=C1\SC(N2CCC(C)CC2)=NC1=O. The standard InChI is InChI=1S/C19H22N2O2S/c1-3-12-23-16-7-5-4-6-15(16)13-17-18(22)20-19(24-17)21-10-8-14(2)9-11-21/h3-7,13-14H,1,8-12H2,2H3/b17-13-. The zero-order valence-electron chi connectivity index (χ0n) is 13.9. The first-order valence-corrected chi connectivity index (χ1v) is 9.09. The van der Waals surface area contributed by atoms with Gasteiger partial charge in [-0.15, -0.1) is 0 Å². The third kappa shape index (κ3) is 3.90. The number of ether oxygens (including phenoxy) is 1. The Bertz CT molecular complexity index is 688. The molecule has 0 unspecified atom stereocenters. The molecule has 0 radical (unpaired) electrons. The van der Waals surface area contributed by atoms with Gasteiger partial charge in [0.05, 0.1) is 4.91 Å². The summed E-state index contributed by atoms with van der Waals surface area (Å²) in [7, 11) is 0. The minimum absolute atomic E-state index is 0.160. The number of carbonyl (C=O) groups excluding carboxylic acids is 1. The molecule has 1 aromatic carbocycles. The molecule has 1 amide bonds. The summed E-state index contributed by atoms with van der Waals surface area (Å²) in [6.45, 7) is 8.34. The van der Waals surface area contributed by atoms with Crippen LogP contribution in [0.1, 0.15) is 25.3 Å². The second-order valence-electron chi connectivity index (χ2n) is 6.12. The molecule has 1 fully saturated rings. The van der Waals surface area contributed by atoms with E-state index >= 15 is 0 Å². The van der Waals surface area contributed by atoms with Crippen LogP contribution in [0.25, 0.3) is 6.08 Å². The Labute approximate surface area is 147 Å². The maximum atomic E-state index is 12.3. The maximum absolute atomic E-state index is 12.3. The lowest BCUT2D eigenvalue weighted by Crippen LogP contribution is -2.35. The molecule has 2 heterocycles. The van der Waals surface area contributed by atoms with Gasteiger partial charge in [-0.3, -0.25) is 4.79 Å². The second-order valence-corrected chi connectivity index (χ2v) is 7.13. The monoisotopic (exact) mass is 342 g/mol. The molecule has 0 bridgehead atoms. The Hall–Kier alpha value is -2.01. The molecule has 0 atom stereocenters. The summed E-state index contributed by atoms with van der Waals surface area (Å²) < 4.78 is 5.66. The molecule has 1 aromatic rings. The molecule has 24 heavy (non-hydrogen) atoms. The Morgan fingerprint density at radius 2 is 2.12 bits per heavy atom. The molecule has 0 N–H and O–H groups in total. The highest BCUT2D eigenvalue weighted by Gasteiger charge is 2.28. The Balaban J connectivity index is 1.74. The zero-order chi connectivity index (χ0) is 16.9. The average molecular weight is 342 g/mol. The van der Waals surface area contributed by atoms with E-state index in [9.17, 15) is 4.79 Å². The third-order valence-corrected chi connectivity index (χ3v) is 5.27. The van der Waals surface area contributed by atoms with Crippen molar-refractivity contribution < 1.29 is 9.53 Å². The highest BCUT2D eigenvalue weighted by molar-refractivity contribution is 8.18. The van der Waals surface area contributed by atoms with Gasteiger partial charge in [-0.2, -0.15) is 4.99 Å². The van der Waals surface area contributed by atoms with Crippen molar-refractivity contribution in [2.75, 3.05) is 19.7 Å². The zero-order valence-corrected chi connectivity index (χ0v) is 14.7. The lowest BCUT2D eigenvalue weighted by molar-refractivity contribution is -0.113. The van der Waals surface area contributed by atoms with Crippen LogP contribution in [0.2, 0.25) is 0 Å². The van der Waals surface area contributed by atoms with Gasteiger partial charge in [0.1, 0.15) is 12.4 Å². The van der Waals surface area contributed by atoms with Crippen LogP contribution in [-0.4, -0.2) is 35.7 Å². The van der Waals surface area contributed by atoms with Gasteiger partial charge in [-0.25, -0.2) is 0 Å². The third-order valence-electron chi connectivity index (χ3n) is 4.23. The van der Waals surface area contributed by atoms with E-state index in [1.165, 1.54) is 11.8 Å². The number of carbonyl (C=O) groups is 1. The van der Waals surface area contributed by atoms with E-state index in [-0.39, 0.29) is 5.91 Å². The van der Waals surface area contributed by atoms with Crippen molar-refractivity contribution in [2.24, 2.45) is 10.9 Å². The number of amides is 1. The largest absolute Gasteiger partial charge is 0.489 e. The summed E-state index contributed by atoms with van der Waals surface area (Å²) in [5.41, 5.74) is 0.888. The van der Waals surface area contributed by atoms with Crippen LogP contribution in [0.3, 0.4) is 0 Å². The van der Waals surface area contributed by atoms with E-state index < -0.39 is 0 Å². The number of hydrogen-bond donors (Lipinski definition) is 0. The molecule has 4 nitrogen and oxygen atoms in total. The molecule has 3 rings (SSSR count). The molecule has 2 aliphatic heterocycles. The average Bonchev–Trinajstić information content (AvgIpc) is 2.95. The van der Waals surface area contributed by atoms with Gasteiger partial charge in [0.15, 0.2) is 5.17 Å². The van der Waals surface area contributed by atoms with Crippen molar-refractivity contribution >= 4 is 28.9 Å². The van der Waals surface area contributed by atoms with E-state index in [1.54, 1.807) is 6.08 Å². The lowest BCUT2D eigenvalue weighted by atomic mass is 10.00. The van der Waals surface area contributed by atoms with Crippen LogP contribution < -0.4 is 4.74 Å². The number of nitrogens with zero attached hydrogens (tertiary/aromatic N) is 2. The van der Waals surface area contributed by atoms with E-state index in [0.717, 1.165) is 48.3 Å². The van der Waals surface area contributed by atoms with Gasteiger partial charge in [-0.1, -0.05) is 37.8 Å². The molecular formula is C19H22N2O2S. The molecule has 126 valence electrons. The molecular weight excluding hydrogens is 320 g/mol. The number of para-hydroxylation sites is 1. The first kappa shape index (κ1) is 16.8. The van der Waals surface area contributed by atoms with Crippen molar-refractivity contribution in [1.29, 1.82) is 0 Å². The van der Waals surface area contributed by atoms with Gasteiger partial charge in [0.25, 0.3) is 5.91 Å². The van der Waals surface area contributed by atoms with Gasteiger partial charge >= 0.3 is 0 Å². The molecule has 0 aromatic heterocycles. The molecule has 1 saturated heterocycles. The van der Waals surface area contributed by atoms with Gasteiger partial charge in [0.2, 0.25) is 0 Å². The summed E-state index contributed by atoms with van der Waals surface area (Å²) in [5, 5.41) is 0.836. The van der Waals surface area contributed by atoms with Crippen LogP contribution in [0, 0.1) is 5.92 Å². The predicted molar refractivity (Wildman–Crippen MR) is 100 cm³/mol. The van der Waals surface area contributed by atoms with Crippen molar-refractivity contribution in [3.05, 3.63) is 47.4 Å². The summed E-state index contributed by atoms with van der Waals surface area (Å²) in [4.78, 5) is 19.4. The van der Waals surface area contributed by atoms with Crippen molar-refractivity contribution in [1.82, 2.24) is 4.90 Å². The Kier molecular flexibility index (Phi) is 5.41. The first-order valence-electron chi connectivity index (χ1n) is 8.27. The molecule has 5 heteroatoms. The fraction of sp³-hybridized carbons (Fsp3) is 0.368. The van der Waals surface area contributed by atoms with Crippen LogP contribution in [0.5, 0.6) is 5.75 Å². The Morgan fingerprint density at radius 3 is 2.88 bits per heavy atom. The normalized spacial score (nSPS) is 20.4. The maximum Gasteiger partial charge on any atom is 0.286 e. The number of piperidine rings is 1. The number of rotatable bonds is 4.